The van der Waals surface area contributed by atoms with Crippen LogP contribution in [0.2, 0.25) is 0 Å². The van der Waals surface area contributed by atoms with Crippen LogP contribution in [0.1, 0.15) is 123 Å². The molecule has 2 rings (SSSR count). The van der Waals surface area contributed by atoms with Crippen LogP contribution in [-0.4, -0.2) is 142 Å². The molecular formula is C36H68O14. The molecule has 2 fully saturated rings. The van der Waals surface area contributed by atoms with Crippen molar-refractivity contribution < 1.29 is 69.0 Å². The third kappa shape index (κ3) is 16.8. The quantitative estimate of drug-likeness (QED) is 0.0456. The maximum Gasteiger partial charge on any atom is 0.306 e. The molecule has 2 saturated heterocycles. The number of rotatable bonds is 28. The number of unbranched alkanes of at least 4 members (excludes halogenated alkanes) is 14. The second-order valence-electron chi connectivity index (χ2n) is 13.8. The van der Waals surface area contributed by atoms with Crippen LogP contribution < -0.4 is 0 Å². The number of esters is 1. The van der Waals surface area contributed by atoms with Crippen LogP contribution in [0.3, 0.4) is 0 Å². The number of aliphatic hydroxyl groups excluding tert-OH is 7. The van der Waals surface area contributed by atoms with Gasteiger partial charge in [0.05, 0.1) is 26.4 Å². The van der Waals surface area contributed by atoms with Crippen molar-refractivity contribution in [2.75, 3.05) is 33.0 Å². The molecule has 2 aliphatic rings. The van der Waals surface area contributed by atoms with E-state index in [4.69, 9.17) is 28.4 Å². The minimum atomic E-state index is -1.70. The van der Waals surface area contributed by atoms with Gasteiger partial charge in [-0.3, -0.25) is 4.79 Å². The number of hydrogen-bond acceptors (Lipinski definition) is 14. The summed E-state index contributed by atoms with van der Waals surface area (Å²) >= 11 is 0. The van der Waals surface area contributed by atoms with Crippen molar-refractivity contribution in [2.45, 2.75) is 191 Å². The average Bonchev–Trinajstić information content (AvgIpc) is 3.11. The van der Waals surface area contributed by atoms with Crippen molar-refractivity contribution in [3.63, 3.8) is 0 Å². The molecule has 50 heavy (non-hydrogen) atoms. The van der Waals surface area contributed by atoms with Crippen LogP contribution in [0.4, 0.5) is 0 Å². The average molecular weight is 725 g/mol. The Hall–Kier alpha value is -1.01. The Labute approximate surface area is 298 Å². The molecular weight excluding hydrogens is 656 g/mol. The molecule has 14 heteroatoms. The van der Waals surface area contributed by atoms with Crippen molar-refractivity contribution in [1.82, 2.24) is 0 Å². The first-order valence-electron chi connectivity index (χ1n) is 19.1. The van der Waals surface area contributed by atoms with E-state index in [0.29, 0.717) is 13.0 Å². The highest BCUT2D eigenvalue weighted by Gasteiger charge is 2.47. The van der Waals surface area contributed by atoms with Crippen molar-refractivity contribution >= 4 is 5.97 Å². The van der Waals surface area contributed by atoms with E-state index in [1.54, 1.807) is 0 Å². The van der Waals surface area contributed by atoms with E-state index < -0.39 is 80.7 Å². The van der Waals surface area contributed by atoms with Crippen molar-refractivity contribution in [2.24, 2.45) is 0 Å². The minimum absolute atomic E-state index is 0.0668. The second-order valence-corrected chi connectivity index (χ2v) is 13.8. The maximum atomic E-state index is 12.7. The van der Waals surface area contributed by atoms with Gasteiger partial charge in [0.15, 0.2) is 12.6 Å². The summed E-state index contributed by atoms with van der Waals surface area (Å²) in [6.45, 7) is 3.58. The van der Waals surface area contributed by atoms with Crippen LogP contribution in [0.25, 0.3) is 0 Å². The molecule has 0 bridgehead atoms. The summed E-state index contributed by atoms with van der Waals surface area (Å²) in [6.07, 6.45) is 2.26. The molecule has 11 atom stereocenters. The van der Waals surface area contributed by atoms with Crippen molar-refractivity contribution in [3.8, 4) is 0 Å². The summed E-state index contributed by atoms with van der Waals surface area (Å²) in [7, 11) is 0. The topological polar surface area (TPSA) is 214 Å². The SMILES string of the molecule is CCCCCCCCCCCCOCC(COC1OC(COC2OC(CO)C(O)C(O)C2O)C(O)C(O)C1O)OC(=O)CCCCCCCC. The number of hydrogen-bond donors (Lipinski definition) is 7. The lowest BCUT2D eigenvalue weighted by Crippen LogP contribution is -2.61. The molecule has 2 aliphatic heterocycles. The number of carbonyl (C=O) groups excluding carboxylic acids is 1. The highest BCUT2D eigenvalue weighted by Crippen LogP contribution is 2.26. The molecule has 0 radical (unpaired) electrons. The fourth-order valence-corrected chi connectivity index (χ4v) is 6.11. The first kappa shape index (κ1) is 45.1. The van der Waals surface area contributed by atoms with Crippen molar-refractivity contribution in [1.29, 1.82) is 0 Å². The lowest BCUT2D eigenvalue weighted by Gasteiger charge is -2.42. The molecule has 14 nitrogen and oxygen atoms in total. The van der Waals surface area contributed by atoms with Gasteiger partial charge in [-0.15, -0.1) is 0 Å². The van der Waals surface area contributed by atoms with Gasteiger partial charge in [0.2, 0.25) is 0 Å². The summed E-state index contributed by atoms with van der Waals surface area (Å²) in [5.74, 6) is -0.386. The van der Waals surface area contributed by atoms with Crippen LogP contribution in [0, 0.1) is 0 Å². The van der Waals surface area contributed by atoms with E-state index in [9.17, 15) is 40.5 Å². The van der Waals surface area contributed by atoms with E-state index in [-0.39, 0.29) is 25.6 Å². The van der Waals surface area contributed by atoms with E-state index in [0.717, 1.165) is 44.9 Å². The van der Waals surface area contributed by atoms with E-state index in [2.05, 4.69) is 13.8 Å². The fraction of sp³-hybridized carbons (Fsp3) is 0.972. The fourth-order valence-electron chi connectivity index (χ4n) is 6.11. The van der Waals surface area contributed by atoms with Gasteiger partial charge in [-0.25, -0.2) is 0 Å². The summed E-state index contributed by atoms with van der Waals surface area (Å²) in [4.78, 5) is 12.7. The highest BCUT2D eigenvalue weighted by atomic mass is 16.7. The summed E-state index contributed by atoms with van der Waals surface area (Å²) in [5.41, 5.74) is 0. The summed E-state index contributed by atoms with van der Waals surface area (Å²) < 4.78 is 33.8. The Morgan fingerprint density at radius 3 is 1.62 bits per heavy atom. The van der Waals surface area contributed by atoms with Crippen LogP contribution in [0.15, 0.2) is 0 Å². The van der Waals surface area contributed by atoms with E-state index in [1.165, 1.54) is 51.4 Å². The second kappa shape index (κ2) is 26.7. The summed E-state index contributed by atoms with van der Waals surface area (Å²) in [5, 5.41) is 71.4. The molecule has 296 valence electrons. The maximum absolute atomic E-state index is 12.7. The molecule has 11 unspecified atom stereocenters. The Bertz CT molecular complexity index is 850. The van der Waals surface area contributed by atoms with Gasteiger partial charge >= 0.3 is 5.97 Å². The van der Waals surface area contributed by atoms with Gasteiger partial charge in [0, 0.05) is 13.0 Å². The number of carbonyl (C=O) groups is 1. The Morgan fingerprint density at radius 2 is 1.06 bits per heavy atom. The zero-order valence-electron chi connectivity index (χ0n) is 30.4. The smallest absolute Gasteiger partial charge is 0.306 e. The van der Waals surface area contributed by atoms with Gasteiger partial charge in [-0.05, 0) is 12.8 Å². The molecule has 0 amide bonds. The Balaban J connectivity index is 1.87. The molecule has 0 aromatic carbocycles. The van der Waals surface area contributed by atoms with E-state index in [1.807, 2.05) is 0 Å². The van der Waals surface area contributed by atoms with Crippen LogP contribution in [0.5, 0.6) is 0 Å². The third-order valence-electron chi connectivity index (χ3n) is 9.37. The standard InChI is InChI=1S/C36H68O14/c1-3-5-7-9-11-12-13-14-16-18-20-45-22-25(48-28(38)19-17-15-10-8-6-4-2)23-46-35-34(44)32(42)30(40)27(50-35)24-47-36-33(43)31(41)29(39)26(21-37)49-36/h25-27,29-37,39-44H,3-24H2,1-2H3. The number of aliphatic hydroxyl groups is 7. The lowest BCUT2D eigenvalue weighted by atomic mass is 9.98. The molecule has 0 aromatic rings. The third-order valence-corrected chi connectivity index (χ3v) is 9.37. The predicted molar refractivity (Wildman–Crippen MR) is 183 cm³/mol. The monoisotopic (exact) mass is 724 g/mol. The zero-order chi connectivity index (χ0) is 36.7. The number of ether oxygens (including phenoxy) is 6. The van der Waals surface area contributed by atoms with Gasteiger partial charge < -0.3 is 64.2 Å². The Morgan fingerprint density at radius 1 is 0.580 bits per heavy atom. The van der Waals surface area contributed by atoms with Gasteiger partial charge in [-0.1, -0.05) is 104 Å². The first-order chi connectivity index (χ1) is 24.1. The predicted octanol–water partition coefficient (Wildman–Crippen LogP) is 2.23. The van der Waals surface area contributed by atoms with Crippen molar-refractivity contribution in [3.05, 3.63) is 0 Å². The van der Waals surface area contributed by atoms with E-state index >= 15 is 0 Å². The zero-order valence-corrected chi connectivity index (χ0v) is 30.4. The molecule has 0 saturated carbocycles. The van der Waals surface area contributed by atoms with Gasteiger partial charge in [0.25, 0.3) is 0 Å². The van der Waals surface area contributed by atoms with Crippen LogP contribution >= 0.6 is 0 Å². The molecule has 0 aliphatic carbocycles. The van der Waals surface area contributed by atoms with Gasteiger partial charge in [-0.2, -0.15) is 0 Å². The molecule has 0 spiro atoms. The van der Waals surface area contributed by atoms with Gasteiger partial charge in [0.1, 0.15) is 54.9 Å². The lowest BCUT2D eigenvalue weighted by molar-refractivity contribution is -0.332. The molecule has 0 aromatic heterocycles. The largest absolute Gasteiger partial charge is 0.457 e. The van der Waals surface area contributed by atoms with Crippen LogP contribution in [-0.2, 0) is 33.2 Å². The molecule has 2 heterocycles. The molecule has 7 N–H and O–H groups in total. The highest BCUT2D eigenvalue weighted by molar-refractivity contribution is 5.69. The summed E-state index contributed by atoms with van der Waals surface area (Å²) in [6, 6.07) is 0. The normalized spacial score (nSPS) is 30.7. The minimum Gasteiger partial charge on any atom is -0.457 e. The Kier molecular flexibility index (Phi) is 24.1. The first-order valence-corrected chi connectivity index (χ1v) is 19.1.